The summed E-state index contributed by atoms with van der Waals surface area (Å²) < 4.78 is 10.1. The molecule has 30 heavy (non-hydrogen) atoms. The van der Waals surface area contributed by atoms with E-state index in [1.54, 1.807) is 46.8 Å². The number of nitrogens with zero attached hydrogens (tertiary/aromatic N) is 1. The van der Waals surface area contributed by atoms with Crippen molar-refractivity contribution in [2.75, 3.05) is 7.11 Å². The number of ether oxygens (including phenoxy) is 2. The minimum Gasteiger partial charge on any atom is -0.465 e. The van der Waals surface area contributed by atoms with Gasteiger partial charge in [0.2, 0.25) is 0 Å². The van der Waals surface area contributed by atoms with Crippen LogP contribution in [0, 0.1) is 0 Å². The van der Waals surface area contributed by atoms with Gasteiger partial charge < -0.3 is 15.2 Å². The summed E-state index contributed by atoms with van der Waals surface area (Å²) in [4.78, 5) is 28.2. The van der Waals surface area contributed by atoms with Crippen LogP contribution in [0.15, 0.2) is 51.2 Å². The Labute approximate surface area is 182 Å². The number of amides is 1. The third-order valence-corrected chi connectivity index (χ3v) is 3.76. The summed E-state index contributed by atoms with van der Waals surface area (Å²) in [5, 5.41) is 0. The maximum absolute atomic E-state index is 12.1. The molecule has 0 unspecified atom stereocenters. The fourth-order valence-electron chi connectivity index (χ4n) is 2.29. The lowest BCUT2D eigenvalue weighted by atomic mass is 9.99. The van der Waals surface area contributed by atoms with Crippen LogP contribution in [0.2, 0.25) is 0 Å². The van der Waals surface area contributed by atoms with Gasteiger partial charge in [-0.15, -0.1) is 0 Å². The molecule has 2 N–H and O–H groups in total. The summed E-state index contributed by atoms with van der Waals surface area (Å²) in [6, 6.07) is 0. The third-order valence-electron chi connectivity index (χ3n) is 3.76. The Balaban J connectivity index is 0. The summed E-state index contributed by atoms with van der Waals surface area (Å²) in [6.45, 7) is 18.5. The SMILES string of the molecule is CC.CC/C=C(C)/C(/C=C\C(C)=C(C)/C(C(=O)OC)=C(/C)N)=N/C(=O)OC(C)(C)C. The fraction of sp³-hybridized carbons (Fsp3) is 0.542. The van der Waals surface area contributed by atoms with Gasteiger partial charge in [-0.2, -0.15) is 4.99 Å². The van der Waals surface area contributed by atoms with E-state index >= 15 is 0 Å². The molecular weight excluding hydrogens is 380 g/mol. The van der Waals surface area contributed by atoms with Crippen LogP contribution in [-0.4, -0.2) is 30.5 Å². The van der Waals surface area contributed by atoms with E-state index < -0.39 is 17.7 Å². The smallest absolute Gasteiger partial charge is 0.434 e. The highest BCUT2D eigenvalue weighted by molar-refractivity contribution is 6.12. The molecule has 6 nitrogen and oxygen atoms in total. The summed E-state index contributed by atoms with van der Waals surface area (Å²) in [5.41, 5.74) is 8.77. The van der Waals surface area contributed by atoms with E-state index in [9.17, 15) is 9.59 Å². The van der Waals surface area contributed by atoms with E-state index in [0.717, 1.165) is 17.6 Å². The third kappa shape index (κ3) is 11.4. The molecule has 6 heteroatoms. The summed E-state index contributed by atoms with van der Waals surface area (Å²) >= 11 is 0. The number of hydrogen-bond donors (Lipinski definition) is 1. The van der Waals surface area contributed by atoms with Crippen LogP contribution in [0.4, 0.5) is 4.79 Å². The monoisotopic (exact) mass is 420 g/mol. The number of carbonyl (C=O) groups excluding carboxylic acids is 2. The van der Waals surface area contributed by atoms with Gasteiger partial charge in [0, 0.05) is 5.70 Å². The molecule has 0 aromatic rings. The number of rotatable bonds is 6. The maximum Gasteiger partial charge on any atom is 0.434 e. The Hall–Kier alpha value is -2.63. The lowest BCUT2D eigenvalue weighted by Crippen LogP contribution is -2.22. The molecule has 0 aromatic carbocycles. The second-order valence-electron chi connectivity index (χ2n) is 7.46. The zero-order valence-corrected chi connectivity index (χ0v) is 20.6. The predicted molar refractivity (Wildman–Crippen MR) is 125 cm³/mol. The van der Waals surface area contributed by atoms with Gasteiger partial charge in [0.15, 0.2) is 0 Å². The predicted octanol–water partition coefficient (Wildman–Crippen LogP) is 6.04. The van der Waals surface area contributed by atoms with Gasteiger partial charge >= 0.3 is 12.1 Å². The second kappa shape index (κ2) is 14.4. The molecule has 0 aliphatic carbocycles. The highest BCUT2D eigenvalue weighted by Crippen LogP contribution is 2.19. The zero-order chi connectivity index (χ0) is 24.1. The number of aliphatic imine (C=N–C) groups is 1. The van der Waals surface area contributed by atoms with E-state index in [-0.39, 0.29) is 0 Å². The first-order chi connectivity index (χ1) is 13.8. The Morgan fingerprint density at radius 3 is 1.97 bits per heavy atom. The molecule has 0 bridgehead atoms. The standard InChI is InChI=1S/C22H34N2O4.C2H6/c1-10-11-15(3)18(24-21(26)28-22(6,7)8)13-12-14(2)16(4)19(17(5)23)20(25)27-9;1-2/h11-13H,10,23H2,1-9H3;1-2H3/b13-12-,15-11+,16-14-,19-17+,24-18+;. The first kappa shape index (κ1) is 29.6. The van der Waals surface area contributed by atoms with Crippen LogP contribution in [0.25, 0.3) is 0 Å². The van der Waals surface area contributed by atoms with E-state index in [2.05, 4.69) is 4.99 Å². The van der Waals surface area contributed by atoms with Crippen LogP contribution in [-0.2, 0) is 14.3 Å². The second-order valence-corrected chi connectivity index (χ2v) is 7.46. The molecule has 0 rings (SSSR count). The Morgan fingerprint density at radius 2 is 1.57 bits per heavy atom. The van der Waals surface area contributed by atoms with E-state index in [0.29, 0.717) is 22.6 Å². The zero-order valence-electron chi connectivity index (χ0n) is 20.6. The molecular formula is C24H40N2O4. The summed E-state index contributed by atoms with van der Waals surface area (Å²) in [7, 11) is 1.31. The highest BCUT2D eigenvalue weighted by atomic mass is 16.6. The van der Waals surface area contributed by atoms with E-state index in [1.807, 2.05) is 40.7 Å². The van der Waals surface area contributed by atoms with Crippen LogP contribution in [0.1, 0.15) is 75.7 Å². The van der Waals surface area contributed by atoms with Crippen molar-refractivity contribution < 1.29 is 19.1 Å². The molecule has 0 atom stereocenters. The van der Waals surface area contributed by atoms with Gasteiger partial charge in [-0.1, -0.05) is 32.9 Å². The molecule has 0 heterocycles. The van der Waals surface area contributed by atoms with Gasteiger partial charge in [0.1, 0.15) is 5.60 Å². The van der Waals surface area contributed by atoms with Crippen LogP contribution < -0.4 is 5.73 Å². The van der Waals surface area contributed by atoms with Crippen molar-refractivity contribution in [1.29, 1.82) is 0 Å². The average molecular weight is 421 g/mol. The number of methoxy groups -OCH3 is 1. The van der Waals surface area contributed by atoms with Crippen molar-refractivity contribution >= 4 is 17.8 Å². The van der Waals surface area contributed by atoms with Gasteiger partial charge in [0.25, 0.3) is 0 Å². The molecule has 1 amide bonds. The number of allylic oxidation sites excluding steroid dienone is 6. The number of carbonyl (C=O) groups is 2. The molecule has 0 radical (unpaired) electrons. The largest absolute Gasteiger partial charge is 0.465 e. The number of hydrogen-bond acceptors (Lipinski definition) is 5. The minimum absolute atomic E-state index is 0.330. The van der Waals surface area contributed by atoms with E-state index in [1.165, 1.54) is 7.11 Å². The molecule has 0 saturated carbocycles. The quantitative estimate of drug-likeness (QED) is 0.245. The van der Waals surface area contributed by atoms with Crippen molar-refractivity contribution in [1.82, 2.24) is 0 Å². The number of nitrogens with two attached hydrogens (primary N) is 1. The highest BCUT2D eigenvalue weighted by Gasteiger charge is 2.17. The fourth-order valence-corrected chi connectivity index (χ4v) is 2.29. The van der Waals surface area contributed by atoms with Crippen molar-refractivity contribution in [2.45, 2.75) is 81.3 Å². The summed E-state index contributed by atoms with van der Waals surface area (Å²) in [6.07, 6.45) is 5.65. The lowest BCUT2D eigenvalue weighted by Gasteiger charge is -2.17. The van der Waals surface area contributed by atoms with Gasteiger partial charge in [-0.25, -0.2) is 9.59 Å². The van der Waals surface area contributed by atoms with Crippen LogP contribution in [0.5, 0.6) is 0 Å². The lowest BCUT2D eigenvalue weighted by molar-refractivity contribution is -0.135. The Kier molecular flexibility index (Phi) is 14.2. The van der Waals surface area contributed by atoms with Gasteiger partial charge in [-0.05, 0) is 77.7 Å². The maximum atomic E-state index is 12.1. The first-order valence-corrected chi connectivity index (χ1v) is 10.2. The molecule has 0 aliphatic rings. The molecule has 0 aromatic heterocycles. The molecule has 170 valence electrons. The van der Waals surface area contributed by atoms with Crippen molar-refractivity contribution in [3.8, 4) is 0 Å². The van der Waals surface area contributed by atoms with E-state index in [4.69, 9.17) is 15.2 Å². The van der Waals surface area contributed by atoms with Crippen LogP contribution >= 0.6 is 0 Å². The van der Waals surface area contributed by atoms with Crippen molar-refractivity contribution in [2.24, 2.45) is 10.7 Å². The molecule has 0 saturated heterocycles. The molecule has 0 spiro atoms. The average Bonchev–Trinajstić information content (AvgIpc) is 2.64. The van der Waals surface area contributed by atoms with Crippen molar-refractivity contribution in [3.05, 3.63) is 46.2 Å². The Morgan fingerprint density at radius 1 is 1.03 bits per heavy atom. The molecule has 0 fully saturated rings. The van der Waals surface area contributed by atoms with Crippen LogP contribution in [0.3, 0.4) is 0 Å². The summed E-state index contributed by atoms with van der Waals surface area (Å²) in [5.74, 6) is -0.491. The normalized spacial score (nSPS) is 14.4. The molecule has 0 aliphatic heterocycles. The van der Waals surface area contributed by atoms with Gasteiger partial charge in [0.05, 0.1) is 18.4 Å². The van der Waals surface area contributed by atoms with Gasteiger partial charge in [-0.3, -0.25) is 0 Å². The number of esters is 1. The Bertz CT molecular complexity index is 742. The minimum atomic E-state index is -0.651. The first-order valence-electron chi connectivity index (χ1n) is 10.2. The van der Waals surface area contributed by atoms with Crippen molar-refractivity contribution in [3.63, 3.8) is 0 Å². The topological polar surface area (TPSA) is 91.0 Å².